The summed E-state index contributed by atoms with van der Waals surface area (Å²) in [6.45, 7) is 4.06. The van der Waals surface area contributed by atoms with Gasteiger partial charge in [0.2, 0.25) is 0 Å². The number of halogens is 5. The van der Waals surface area contributed by atoms with Gasteiger partial charge in [-0.05, 0) is 48.7 Å². The molecule has 2 aliphatic heterocycles. The Bertz CT molecular complexity index is 1220. The van der Waals surface area contributed by atoms with Crippen LogP contribution >= 0.6 is 23.2 Å². The molecule has 2 aliphatic rings. The van der Waals surface area contributed by atoms with Gasteiger partial charge in [-0.3, -0.25) is 9.80 Å². The van der Waals surface area contributed by atoms with E-state index in [1.54, 1.807) is 0 Å². The number of fused-ring (bicyclic) bond motifs is 3. The molecule has 0 amide bonds. The molecule has 2 aromatic heterocycles. The van der Waals surface area contributed by atoms with Crippen LogP contribution in [0.3, 0.4) is 0 Å². The second kappa shape index (κ2) is 9.78. The van der Waals surface area contributed by atoms with Gasteiger partial charge in [0.1, 0.15) is 5.82 Å². The zero-order valence-electron chi connectivity index (χ0n) is 18.9. The van der Waals surface area contributed by atoms with Gasteiger partial charge in [0.05, 0.1) is 17.2 Å². The van der Waals surface area contributed by atoms with Crippen LogP contribution in [-0.2, 0) is 12.6 Å². The van der Waals surface area contributed by atoms with Crippen LogP contribution in [0.4, 0.5) is 19.0 Å². The summed E-state index contributed by atoms with van der Waals surface area (Å²) < 4.78 is 39.5. The van der Waals surface area contributed by atoms with E-state index in [4.69, 9.17) is 23.2 Å². The minimum Gasteiger partial charge on any atom is -0.392 e. The van der Waals surface area contributed by atoms with E-state index in [1.165, 1.54) is 17.7 Å². The van der Waals surface area contributed by atoms with Crippen molar-refractivity contribution in [1.82, 2.24) is 19.8 Å². The highest BCUT2D eigenvalue weighted by Gasteiger charge is 2.36. The lowest BCUT2D eigenvalue weighted by Crippen LogP contribution is -2.43. The number of nitrogens with one attached hydrogen (secondary N) is 2. The van der Waals surface area contributed by atoms with Crippen molar-refractivity contribution in [2.45, 2.75) is 31.2 Å². The maximum Gasteiger partial charge on any atom is 0.434 e. The third kappa shape index (κ3) is 5.24. The van der Waals surface area contributed by atoms with Gasteiger partial charge in [-0.2, -0.15) is 13.2 Å². The normalized spacial score (nSPS) is 21.5. The van der Waals surface area contributed by atoms with Crippen molar-refractivity contribution in [2.75, 3.05) is 44.6 Å². The number of nitrogens with zero attached hydrogens (tertiary/aromatic N) is 3. The topological polar surface area (TPSA) is 67.4 Å². The number of pyridine rings is 1. The monoisotopic (exact) mass is 527 g/mol. The SMILES string of the molecule is OC1CCN(CC2c3[nH]c4ccc(Cl)cc4c3CCN2CCNc2ccc(Cl)c(C(F)(F)F)n2)C1. The molecular weight excluding hydrogens is 502 g/mol. The molecule has 11 heteroatoms. The van der Waals surface area contributed by atoms with E-state index in [2.05, 4.69) is 25.1 Å². The van der Waals surface area contributed by atoms with Crippen LogP contribution in [0, 0.1) is 0 Å². The molecule has 1 saturated heterocycles. The number of H-pyrrole nitrogens is 1. The molecule has 0 bridgehead atoms. The molecule has 188 valence electrons. The first-order chi connectivity index (χ1) is 16.7. The fraction of sp³-hybridized carbons (Fsp3) is 0.458. The zero-order chi connectivity index (χ0) is 24.7. The summed E-state index contributed by atoms with van der Waals surface area (Å²) >= 11 is 11.9. The number of aliphatic hydroxyl groups excluding tert-OH is 1. The number of aliphatic hydroxyl groups is 1. The van der Waals surface area contributed by atoms with Crippen LogP contribution in [0.5, 0.6) is 0 Å². The largest absolute Gasteiger partial charge is 0.434 e. The van der Waals surface area contributed by atoms with Gasteiger partial charge in [0.15, 0.2) is 5.69 Å². The molecule has 0 radical (unpaired) electrons. The van der Waals surface area contributed by atoms with Gasteiger partial charge in [-0.1, -0.05) is 23.2 Å². The number of benzene rings is 1. The molecule has 4 heterocycles. The van der Waals surface area contributed by atoms with Crippen LogP contribution in [-0.4, -0.2) is 70.2 Å². The lowest BCUT2D eigenvalue weighted by molar-refractivity contribution is -0.141. The molecule has 35 heavy (non-hydrogen) atoms. The molecule has 0 aliphatic carbocycles. The number of likely N-dealkylation sites (tertiary alicyclic amines) is 1. The smallest absolute Gasteiger partial charge is 0.392 e. The number of alkyl halides is 3. The van der Waals surface area contributed by atoms with Crippen molar-refractivity contribution in [3.05, 3.63) is 57.3 Å². The molecule has 0 saturated carbocycles. The molecule has 3 aromatic rings. The molecule has 2 unspecified atom stereocenters. The predicted octanol–water partition coefficient (Wildman–Crippen LogP) is 4.97. The summed E-state index contributed by atoms with van der Waals surface area (Å²) in [7, 11) is 0. The lowest BCUT2D eigenvalue weighted by Gasteiger charge is -2.38. The van der Waals surface area contributed by atoms with Crippen molar-refractivity contribution < 1.29 is 18.3 Å². The molecular formula is C24H26Cl2F3N5O. The van der Waals surface area contributed by atoms with Gasteiger partial charge >= 0.3 is 6.18 Å². The summed E-state index contributed by atoms with van der Waals surface area (Å²) in [4.78, 5) is 11.8. The first-order valence-electron chi connectivity index (χ1n) is 11.6. The predicted molar refractivity (Wildman–Crippen MR) is 131 cm³/mol. The van der Waals surface area contributed by atoms with E-state index >= 15 is 0 Å². The highest BCUT2D eigenvalue weighted by atomic mass is 35.5. The standard InChI is InChI=1S/C24H26Cl2F3N5O/c25-14-1-3-19-17(11-14)16-6-9-34(20(22(16)31-19)13-33-8-5-15(35)12-33)10-7-30-21-4-2-18(26)23(32-21)24(27,28)29/h1-4,11,15,20,31,35H,5-10,12-13H2,(H,30,32). The average Bonchev–Trinajstić information content (AvgIpc) is 3.38. The van der Waals surface area contributed by atoms with Crippen molar-refractivity contribution >= 4 is 39.9 Å². The second-order valence-electron chi connectivity index (χ2n) is 9.16. The number of β-amino-alcohol motifs (C(OH)–C–C–N with tert-alkyl or cyclic N) is 1. The van der Waals surface area contributed by atoms with Crippen LogP contribution in [0.15, 0.2) is 30.3 Å². The molecule has 6 nitrogen and oxygen atoms in total. The third-order valence-electron chi connectivity index (χ3n) is 6.82. The van der Waals surface area contributed by atoms with Crippen molar-refractivity contribution in [3.63, 3.8) is 0 Å². The Morgan fingerprint density at radius 2 is 2.00 bits per heavy atom. The Hall–Kier alpha value is -2.04. The number of aromatic nitrogens is 2. The number of hydrogen-bond acceptors (Lipinski definition) is 5. The highest BCUT2D eigenvalue weighted by Crippen LogP contribution is 2.37. The van der Waals surface area contributed by atoms with Crippen molar-refractivity contribution in [3.8, 4) is 0 Å². The number of rotatable bonds is 6. The van der Waals surface area contributed by atoms with Gasteiger partial charge in [0.25, 0.3) is 0 Å². The van der Waals surface area contributed by atoms with Gasteiger partial charge in [-0.25, -0.2) is 4.98 Å². The Morgan fingerprint density at radius 3 is 2.74 bits per heavy atom. The summed E-state index contributed by atoms with van der Waals surface area (Å²) in [5, 5.41) is 14.4. The second-order valence-corrected chi connectivity index (χ2v) is 10.0. The zero-order valence-corrected chi connectivity index (χ0v) is 20.4. The Morgan fingerprint density at radius 1 is 1.17 bits per heavy atom. The molecule has 1 fully saturated rings. The summed E-state index contributed by atoms with van der Waals surface area (Å²) in [5.41, 5.74) is 2.34. The van der Waals surface area contributed by atoms with Crippen LogP contribution in [0.2, 0.25) is 10.0 Å². The Balaban J connectivity index is 1.34. The van der Waals surface area contributed by atoms with Crippen LogP contribution in [0.1, 0.15) is 29.4 Å². The maximum atomic E-state index is 13.2. The van der Waals surface area contributed by atoms with E-state index in [0.29, 0.717) is 24.7 Å². The van der Waals surface area contributed by atoms with E-state index in [1.807, 2.05) is 18.2 Å². The van der Waals surface area contributed by atoms with E-state index in [0.717, 1.165) is 49.1 Å². The van der Waals surface area contributed by atoms with E-state index < -0.39 is 16.9 Å². The fourth-order valence-corrected chi connectivity index (χ4v) is 5.54. The summed E-state index contributed by atoms with van der Waals surface area (Å²) in [5.74, 6) is 0.138. The average molecular weight is 528 g/mol. The number of hydrogen-bond donors (Lipinski definition) is 3. The molecule has 3 N–H and O–H groups in total. The molecule has 1 aromatic carbocycles. The summed E-state index contributed by atoms with van der Waals surface area (Å²) in [6.07, 6.45) is -3.32. The van der Waals surface area contributed by atoms with Gasteiger partial charge in [0, 0.05) is 60.9 Å². The minimum absolute atomic E-state index is 0.0564. The van der Waals surface area contributed by atoms with Crippen LogP contribution < -0.4 is 5.32 Å². The van der Waals surface area contributed by atoms with Crippen molar-refractivity contribution in [2.24, 2.45) is 0 Å². The first-order valence-corrected chi connectivity index (χ1v) is 12.4. The Labute approximate surface area is 211 Å². The van der Waals surface area contributed by atoms with E-state index in [9.17, 15) is 18.3 Å². The molecule has 0 spiro atoms. The lowest BCUT2D eigenvalue weighted by atomic mass is 9.96. The molecule has 5 rings (SSSR count). The van der Waals surface area contributed by atoms with E-state index in [-0.39, 0.29) is 18.0 Å². The summed E-state index contributed by atoms with van der Waals surface area (Å²) in [6, 6.07) is 8.57. The fourth-order valence-electron chi connectivity index (χ4n) is 5.15. The van der Waals surface area contributed by atoms with Gasteiger partial charge < -0.3 is 15.4 Å². The van der Waals surface area contributed by atoms with Crippen LogP contribution in [0.25, 0.3) is 10.9 Å². The van der Waals surface area contributed by atoms with Gasteiger partial charge in [-0.15, -0.1) is 0 Å². The quantitative estimate of drug-likeness (QED) is 0.422. The highest BCUT2D eigenvalue weighted by molar-refractivity contribution is 6.31. The molecule has 2 atom stereocenters. The maximum absolute atomic E-state index is 13.2. The Kier molecular flexibility index (Phi) is 6.89. The third-order valence-corrected chi connectivity index (χ3v) is 7.36. The number of aromatic amines is 1. The number of anilines is 1. The first kappa shape index (κ1) is 24.6. The van der Waals surface area contributed by atoms with Crippen molar-refractivity contribution in [1.29, 1.82) is 0 Å². The minimum atomic E-state index is -4.61.